The molecule has 0 spiro atoms. The fourth-order valence-electron chi connectivity index (χ4n) is 4.20. The number of nitrogens with two attached hydrogens (primary N) is 1. The minimum absolute atomic E-state index is 0.0983. The fourth-order valence-corrected chi connectivity index (χ4v) is 4.20. The first-order chi connectivity index (χ1) is 16.0. The molecular formula is C26H22N6O. The number of nitrogen functional groups attached to an aromatic ring is 1. The molecular weight excluding hydrogens is 412 g/mol. The molecule has 7 nitrogen and oxygen atoms in total. The second-order valence-electron chi connectivity index (χ2n) is 8.35. The molecule has 33 heavy (non-hydrogen) atoms. The van der Waals surface area contributed by atoms with Crippen LogP contribution in [0.1, 0.15) is 18.4 Å². The van der Waals surface area contributed by atoms with E-state index in [0.29, 0.717) is 29.1 Å². The summed E-state index contributed by atoms with van der Waals surface area (Å²) in [5.41, 5.74) is 10.8. The molecule has 162 valence electrons. The molecule has 7 heteroatoms. The van der Waals surface area contributed by atoms with E-state index in [1.165, 1.54) is 0 Å². The number of aryl methyl sites for hydroxylation is 1. The van der Waals surface area contributed by atoms with Gasteiger partial charge in [0.2, 0.25) is 5.91 Å². The zero-order chi connectivity index (χ0) is 22.9. The van der Waals surface area contributed by atoms with Crippen molar-refractivity contribution in [1.82, 2.24) is 15.0 Å². The van der Waals surface area contributed by atoms with E-state index < -0.39 is 0 Å². The molecule has 0 saturated heterocycles. The van der Waals surface area contributed by atoms with Crippen molar-refractivity contribution in [2.24, 2.45) is 11.8 Å². The molecule has 3 N–H and O–H groups in total. The lowest BCUT2D eigenvalue weighted by Crippen LogP contribution is -2.15. The third kappa shape index (κ3) is 3.99. The van der Waals surface area contributed by atoms with Gasteiger partial charge in [0, 0.05) is 41.2 Å². The molecule has 1 aromatic carbocycles. The van der Waals surface area contributed by atoms with Crippen molar-refractivity contribution in [3.05, 3.63) is 66.5 Å². The Bertz CT molecular complexity index is 1410. The SMILES string of the molecule is Cc1ccnc(-c2ccccc2)c1-c1cc2cc(NC(=O)[C@@H]3C[C@H]3CC#N)ncc2c(N)n1. The predicted octanol–water partition coefficient (Wildman–Crippen LogP) is 4.74. The lowest BCUT2D eigenvalue weighted by atomic mass is 9.98. The monoisotopic (exact) mass is 434 g/mol. The van der Waals surface area contributed by atoms with Crippen LogP contribution in [0.4, 0.5) is 11.6 Å². The van der Waals surface area contributed by atoms with Crippen LogP contribution in [0, 0.1) is 30.1 Å². The van der Waals surface area contributed by atoms with Crippen LogP contribution in [0.5, 0.6) is 0 Å². The van der Waals surface area contributed by atoms with Crippen LogP contribution in [0.15, 0.2) is 60.9 Å². The Morgan fingerprint density at radius 2 is 2.03 bits per heavy atom. The lowest BCUT2D eigenvalue weighted by molar-refractivity contribution is -0.117. The standard InChI is InChI=1S/C26H22N6O/c1-15-8-10-29-24(16-5-3-2-4-6-16)23(15)21-12-18-13-22(30-14-20(18)25(28)31-21)32-26(33)19-11-17(19)7-9-27/h2-6,8,10,12-14,17,19H,7,11H2,1H3,(H2,28,31)(H,30,32,33)/t17-,19-/m1/s1. The van der Waals surface area contributed by atoms with Gasteiger partial charge < -0.3 is 11.1 Å². The van der Waals surface area contributed by atoms with Crippen molar-refractivity contribution in [2.75, 3.05) is 11.1 Å². The zero-order valence-electron chi connectivity index (χ0n) is 18.1. The lowest BCUT2D eigenvalue weighted by Gasteiger charge is -2.14. The summed E-state index contributed by atoms with van der Waals surface area (Å²) in [5.74, 6) is 0.752. The van der Waals surface area contributed by atoms with Crippen LogP contribution in [-0.2, 0) is 4.79 Å². The van der Waals surface area contributed by atoms with E-state index in [0.717, 1.165) is 34.2 Å². The maximum Gasteiger partial charge on any atom is 0.228 e. The fraction of sp³-hybridized carbons (Fsp3) is 0.192. The maximum absolute atomic E-state index is 12.5. The number of nitrogens with one attached hydrogen (secondary N) is 1. The van der Waals surface area contributed by atoms with Gasteiger partial charge in [-0.15, -0.1) is 0 Å². The van der Waals surface area contributed by atoms with Gasteiger partial charge in [-0.25, -0.2) is 9.97 Å². The van der Waals surface area contributed by atoms with Crippen molar-refractivity contribution >= 4 is 28.3 Å². The number of fused-ring (bicyclic) bond motifs is 1. The number of anilines is 2. The number of carbonyl (C=O) groups is 1. The Morgan fingerprint density at radius 1 is 1.21 bits per heavy atom. The van der Waals surface area contributed by atoms with E-state index in [1.54, 1.807) is 12.4 Å². The molecule has 5 rings (SSSR count). The summed E-state index contributed by atoms with van der Waals surface area (Å²) in [7, 11) is 0. The third-order valence-electron chi connectivity index (χ3n) is 6.07. The van der Waals surface area contributed by atoms with Crippen LogP contribution in [0.3, 0.4) is 0 Å². The topological polar surface area (TPSA) is 118 Å². The van der Waals surface area contributed by atoms with Crippen molar-refractivity contribution in [2.45, 2.75) is 19.8 Å². The van der Waals surface area contributed by atoms with Gasteiger partial charge in [-0.05, 0) is 48.4 Å². The number of nitrogens with zero attached hydrogens (tertiary/aromatic N) is 4. The molecule has 0 unspecified atom stereocenters. The highest BCUT2D eigenvalue weighted by Crippen LogP contribution is 2.41. The van der Waals surface area contributed by atoms with Gasteiger partial charge in [-0.3, -0.25) is 9.78 Å². The number of rotatable bonds is 5. The first-order valence-electron chi connectivity index (χ1n) is 10.8. The zero-order valence-corrected chi connectivity index (χ0v) is 18.1. The maximum atomic E-state index is 12.5. The molecule has 1 saturated carbocycles. The molecule has 1 aliphatic rings. The molecule has 1 aliphatic carbocycles. The minimum atomic E-state index is -0.119. The number of pyridine rings is 3. The second kappa shape index (κ2) is 8.32. The summed E-state index contributed by atoms with van der Waals surface area (Å²) in [6.07, 6.45) is 4.57. The smallest absolute Gasteiger partial charge is 0.228 e. The minimum Gasteiger partial charge on any atom is -0.383 e. The first kappa shape index (κ1) is 20.6. The Morgan fingerprint density at radius 3 is 2.82 bits per heavy atom. The number of aromatic nitrogens is 3. The number of carbonyl (C=O) groups excluding carboxylic acids is 1. The van der Waals surface area contributed by atoms with Crippen molar-refractivity contribution in [3.63, 3.8) is 0 Å². The molecule has 4 aromatic rings. The summed E-state index contributed by atoms with van der Waals surface area (Å²) in [6.45, 7) is 2.02. The Hall–Kier alpha value is -4.31. The summed E-state index contributed by atoms with van der Waals surface area (Å²) in [6, 6.07) is 17.8. The van der Waals surface area contributed by atoms with E-state index in [1.807, 2.05) is 55.5 Å². The van der Waals surface area contributed by atoms with Crippen LogP contribution in [0.25, 0.3) is 33.3 Å². The van der Waals surface area contributed by atoms with Crippen molar-refractivity contribution < 1.29 is 4.79 Å². The van der Waals surface area contributed by atoms with Crippen LogP contribution in [0.2, 0.25) is 0 Å². The summed E-state index contributed by atoms with van der Waals surface area (Å²) in [4.78, 5) is 26.1. The van der Waals surface area contributed by atoms with E-state index in [-0.39, 0.29) is 17.7 Å². The Kier molecular flexibility index (Phi) is 5.19. The van der Waals surface area contributed by atoms with Crippen LogP contribution < -0.4 is 11.1 Å². The van der Waals surface area contributed by atoms with E-state index >= 15 is 0 Å². The molecule has 3 aromatic heterocycles. The molecule has 1 amide bonds. The highest BCUT2D eigenvalue weighted by atomic mass is 16.2. The predicted molar refractivity (Wildman–Crippen MR) is 128 cm³/mol. The molecule has 3 heterocycles. The quantitative estimate of drug-likeness (QED) is 0.468. The van der Waals surface area contributed by atoms with Gasteiger partial charge in [-0.1, -0.05) is 30.3 Å². The third-order valence-corrected chi connectivity index (χ3v) is 6.07. The van der Waals surface area contributed by atoms with Crippen molar-refractivity contribution in [3.8, 4) is 28.6 Å². The van der Waals surface area contributed by atoms with Crippen LogP contribution in [-0.4, -0.2) is 20.9 Å². The molecule has 0 radical (unpaired) electrons. The largest absolute Gasteiger partial charge is 0.383 e. The first-order valence-corrected chi connectivity index (χ1v) is 10.8. The van der Waals surface area contributed by atoms with Gasteiger partial charge in [0.15, 0.2) is 0 Å². The molecule has 0 aliphatic heterocycles. The Labute approximate surface area is 191 Å². The summed E-state index contributed by atoms with van der Waals surface area (Å²) in [5, 5.41) is 13.2. The highest BCUT2D eigenvalue weighted by Gasteiger charge is 2.42. The number of benzene rings is 1. The number of hydrogen-bond acceptors (Lipinski definition) is 6. The second-order valence-corrected chi connectivity index (χ2v) is 8.35. The van der Waals surface area contributed by atoms with Gasteiger partial charge in [-0.2, -0.15) is 5.26 Å². The summed E-state index contributed by atoms with van der Waals surface area (Å²) < 4.78 is 0. The highest BCUT2D eigenvalue weighted by molar-refractivity contribution is 5.99. The van der Waals surface area contributed by atoms with Crippen molar-refractivity contribution in [1.29, 1.82) is 5.26 Å². The number of hydrogen-bond donors (Lipinski definition) is 2. The molecule has 0 bridgehead atoms. The summed E-state index contributed by atoms with van der Waals surface area (Å²) >= 11 is 0. The van der Waals surface area contributed by atoms with E-state index in [2.05, 4.69) is 26.3 Å². The average Bonchev–Trinajstić information content (AvgIpc) is 3.59. The van der Waals surface area contributed by atoms with Gasteiger partial charge >= 0.3 is 0 Å². The normalized spacial score (nSPS) is 16.8. The van der Waals surface area contributed by atoms with Gasteiger partial charge in [0.1, 0.15) is 11.6 Å². The van der Waals surface area contributed by atoms with E-state index in [9.17, 15) is 4.79 Å². The number of nitriles is 1. The molecule has 2 atom stereocenters. The molecule has 1 fully saturated rings. The van der Waals surface area contributed by atoms with Crippen LogP contribution >= 0.6 is 0 Å². The van der Waals surface area contributed by atoms with Gasteiger partial charge in [0.05, 0.1) is 17.5 Å². The van der Waals surface area contributed by atoms with E-state index in [4.69, 9.17) is 11.0 Å². The van der Waals surface area contributed by atoms with Gasteiger partial charge in [0.25, 0.3) is 0 Å². The number of amides is 1. The average molecular weight is 435 g/mol. The Balaban J connectivity index is 1.54.